The number of nitrogens with zero attached hydrogens (tertiary/aromatic N) is 1. The molecule has 1 N–H and O–H groups in total. The lowest BCUT2D eigenvalue weighted by Crippen LogP contribution is -2.40. The van der Waals surface area contributed by atoms with E-state index in [1.54, 1.807) is 19.1 Å². The van der Waals surface area contributed by atoms with E-state index >= 15 is 0 Å². The number of hydrogen-bond donors (Lipinski definition) is 1. The van der Waals surface area contributed by atoms with Crippen molar-refractivity contribution >= 4 is 23.4 Å². The zero-order valence-electron chi connectivity index (χ0n) is 16.6. The molecule has 0 bridgehead atoms. The van der Waals surface area contributed by atoms with Crippen LogP contribution in [-0.2, 0) is 11.3 Å². The normalized spacial score (nSPS) is 10.4. The Labute approximate surface area is 174 Å². The summed E-state index contributed by atoms with van der Waals surface area (Å²) in [5, 5.41) is 2.98. The van der Waals surface area contributed by atoms with E-state index in [0.717, 1.165) is 5.56 Å². The Kier molecular flexibility index (Phi) is 8.27. The van der Waals surface area contributed by atoms with Crippen LogP contribution in [0.3, 0.4) is 0 Å². The van der Waals surface area contributed by atoms with Crippen LogP contribution in [0.15, 0.2) is 36.4 Å². The number of nitrogens with one attached hydrogen (secondary N) is 1. The molecule has 0 saturated carbocycles. The number of amides is 2. The maximum absolute atomic E-state index is 12.9. The molecular weight excluding hydrogens is 399 g/mol. The van der Waals surface area contributed by atoms with Gasteiger partial charge in [0, 0.05) is 18.7 Å². The standard InChI is InChI=1S/C21H24ClFN2O4/c1-4-25(13-19(26)24-12-14-6-8-16(23)9-7-14)21(27)15-10-17(22)20(29-5-2)18(11-15)28-3/h6-11H,4-5,12-13H2,1-3H3,(H,24,26). The van der Waals surface area contributed by atoms with E-state index in [4.69, 9.17) is 21.1 Å². The molecule has 0 heterocycles. The molecule has 0 aliphatic carbocycles. The molecule has 0 saturated heterocycles. The fourth-order valence-electron chi connectivity index (χ4n) is 2.67. The number of ether oxygens (including phenoxy) is 2. The Balaban J connectivity index is 2.06. The summed E-state index contributed by atoms with van der Waals surface area (Å²) in [6, 6.07) is 8.87. The highest BCUT2D eigenvalue weighted by Crippen LogP contribution is 2.36. The minimum Gasteiger partial charge on any atom is -0.493 e. The molecule has 2 aromatic rings. The summed E-state index contributed by atoms with van der Waals surface area (Å²) in [4.78, 5) is 26.5. The van der Waals surface area contributed by atoms with Crippen molar-refractivity contribution in [3.8, 4) is 11.5 Å². The van der Waals surface area contributed by atoms with Gasteiger partial charge in [0.2, 0.25) is 5.91 Å². The smallest absolute Gasteiger partial charge is 0.254 e. The van der Waals surface area contributed by atoms with Gasteiger partial charge in [-0.05, 0) is 43.7 Å². The van der Waals surface area contributed by atoms with Crippen molar-refractivity contribution in [2.75, 3.05) is 26.8 Å². The highest BCUT2D eigenvalue weighted by molar-refractivity contribution is 6.32. The van der Waals surface area contributed by atoms with Crippen molar-refractivity contribution in [2.45, 2.75) is 20.4 Å². The first-order valence-corrected chi connectivity index (χ1v) is 9.58. The van der Waals surface area contributed by atoms with Gasteiger partial charge < -0.3 is 19.7 Å². The summed E-state index contributed by atoms with van der Waals surface area (Å²) in [6.45, 7) is 4.45. The molecule has 0 aliphatic rings. The second-order valence-corrected chi connectivity index (χ2v) is 6.55. The topological polar surface area (TPSA) is 67.9 Å². The first-order chi connectivity index (χ1) is 13.9. The molecule has 8 heteroatoms. The summed E-state index contributed by atoms with van der Waals surface area (Å²) in [5.74, 6) is -0.304. The number of likely N-dealkylation sites (N-methyl/N-ethyl adjacent to an activating group) is 1. The highest BCUT2D eigenvalue weighted by Gasteiger charge is 2.21. The van der Waals surface area contributed by atoms with E-state index in [1.807, 2.05) is 6.92 Å². The average Bonchev–Trinajstić information content (AvgIpc) is 2.72. The molecule has 0 fully saturated rings. The number of hydrogen-bond acceptors (Lipinski definition) is 4. The van der Waals surface area contributed by atoms with Crippen molar-refractivity contribution < 1.29 is 23.5 Å². The van der Waals surface area contributed by atoms with Crippen molar-refractivity contribution in [3.63, 3.8) is 0 Å². The lowest BCUT2D eigenvalue weighted by molar-refractivity contribution is -0.121. The van der Waals surface area contributed by atoms with Gasteiger partial charge in [-0.3, -0.25) is 9.59 Å². The second-order valence-electron chi connectivity index (χ2n) is 6.14. The van der Waals surface area contributed by atoms with Gasteiger partial charge in [0.1, 0.15) is 5.82 Å². The van der Waals surface area contributed by atoms with Gasteiger partial charge >= 0.3 is 0 Å². The summed E-state index contributed by atoms with van der Waals surface area (Å²) in [6.07, 6.45) is 0. The predicted octanol–water partition coefficient (Wildman–Crippen LogP) is 3.66. The zero-order valence-corrected chi connectivity index (χ0v) is 17.4. The van der Waals surface area contributed by atoms with Gasteiger partial charge in [0.25, 0.3) is 5.91 Å². The Morgan fingerprint density at radius 1 is 1.17 bits per heavy atom. The average molecular weight is 423 g/mol. The number of halogens is 2. The first-order valence-electron chi connectivity index (χ1n) is 9.20. The maximum Gasteiger partial charge on any atom is 0.254 e. The van der Waals surface area contributed by atoms with Crippen LogP contribution in [0.1, 0.15) is 29.8 Å². The molecule has 29 heavy (non-hydrogen) atoms. The predicted molar refractivity (Wildman–Crippen MR) is 109 cm³/mol. The van der Waals surface area contributed by atoms with E-state index in [0.29, 0.717) is 30.2 Å². The third kappa shape index (κ3) is 6.09. The lowest BCUT2D eigenvalue weighted by Gasteiger charge is -2.21. The van der Waals surface area contributed by atoms with Crippen molar-refractivity contribution in [1.29, 1.82) is 0 Å². The van der Waals surface area contributed by atoms with Crippen LogP contribution in [0.25, 0.3) is 0 Å². The largest absolute Gasteiger partial charge is 0.493 e. The molecule has 0 aliphatic heterocycles. The maximum atomic E-state index is 12.9. The van der Waals surface area contributed by atoms with Crippen molar-refractivity contribution in [2.24, 2.45) is 0 Å². The van der Waals surface area contributed by atoms with Gasteiger partial charge in [-0.1, -0.05) is 23.7 Å². The molecular formula is C21H24ClFN2O4. The van der Waals surface area contributed by atoms with Gasteiger partial charge in [-0.25, -0.2) is 4.39 Å². The van der Waals surface area contributed by atoms with Crippen LogP contribution in [0.5, 0.6) is 11.5 Å². The van der Waals surface area contributed by atoms with Crippen LogP contribution in [-0.4, -0.2) is 43.5 Å². The van der Waals surface area contributed by atoms with Crippen LogP contribution in [0.2, 0.25) is 5.02 Å². The summed E-state index contributed by atoms with van der Waals surface area (Å²) >= 11 is 6.24. The van der Waals surface area contributed by atoms with E-state index in [2.05, 4.69) is 5.32 Å². The quantitative estimate of drug-likeness (QED) is 0.669. The van der Waals surface area contributed by atoms with Crippen LogP contribution in [0, 0.1) is 5.82 Å². The van der Waals surface area contributed by atoms with E-state index in [1.165, 1.54) is 36.3 Å². The SMILES string of the molecule is CCOc1c(Cl)cc(C(=O)N(CC)CC(=O)NCc2ccc(F)cc2)cc1OC. The van der Waals surface area contributed by atoms with Gasteiger partial charge in [-0.2, -0.15) is 0 Å². The molecule has 6 nitrogen and oxygen atoms in total. The summed E-state index contributed by atoms with van der Waals surface area (Å²) in [7, 11) is 1.46. The minimum atomic E-state index is -0.354. The Bertz CT molecular complexity index is 859. The van der Waals surface area contributed by atoms with Crippen LogP contribution < -0.4 is 14.8 Å². The van der Waals surface area contributed by atoms with Crippen molar-refractivity contribution in [1.82, 2.24) is 10.2 Å². The van der Waals surface area contributed by atoms with E-state index in [-0.39, 0.29) is 35.7 Å². The number of benzene rings is 2. The molecule has 0 radical (unpaired) electrons. The van der Waals surface area contributed by atoms with E-state index < -0.39 is 0 Å². The van der Waals surface area contributed by atoms with Gasteiger partial charge in [0.15, 0.2) is 11.5 Å². The molecule has 156 valence electrons. The number of methoxy groups -OCH3 is 1. The highest BCUT2D eigenvalue weighted by atomic mass is 35.5. The van der Waals surface area contributed by atoms with Gasteiger partial charge in [0.05, 0.1) is 25.3 Å². The third-order valence-corrected chi connectivity index (χ3v) is 4.45. The first kappa shape index (κ1) is 22.5. The zero-order chi connectivity index (χ0) is 21.4. The number of carbonyl (C=O) groups is 2. The number of carbonyl (C=O) groups excluding carboxylic acids is 2. The molecule has 2 rings (SSSR count). The molecule has 2 amide bonds. The summed E-state index contributed by atoms with van der Waals surface area (Å²) in [5.41, 5.74) is 1.06. The summed E-state index contributed by atoms with van der Waals surface area (Å²) < 4.78 is 23.7. The molecule has 0 unspecified atom stereocenters. The minimum absolute atomic E-state index is 0.121. The van der Waals surface area contributed by atoms with Crippen LogP contribution >= 0.6 is 11.6 Å². The molecule has 0 atom stereocenters. The lowest BCUT2D eigenvalue weighted by atomic mass is 10.1. The molecule has 0 aromatic heterocycles. The van der Waals surface area contributed by atoms with E-state index in [9.17, 15) is 14.0 Å². The third-order valence-electron chi connectivity index (χ3n) is 4.17. The number of rotatable bonds is 9. The van der Waals surface area contributed by atoms with Gasteiger partial charge in [-0.15, -0.1) is 0 Å². The second kappa shape index (κ2) is 10.7. The molecule has 0 spiro atoms. The Morgan fingerprint density at radius 3 is 2.45 bits per heavy atom. The fraction of sp³-hybridized carbons (Fsp3) is 0.333. The molecule has 2 aromatic carbocycles. The van der Waals surface area contributed by atoms with Crippen LogP contribution in [0.4, 0.5) is 4.39 Å². The fourth-order valence-corrected chi connectivity index (χ4v) is 2.93. The Hall–Kier alpha value is -2.80. The van der Waals surface area contributed by atoms with Crippen molar-refractivity contribution in [3.05, 3.63) is 58.4 Å². The monoisotopic (exact) mass is 422 g/mol. The Morgan fingerprint density at radius 2 is 1.86 bits per heavy atom.